The minimum Gasteiger partial charge on any atom is -0.465 e. The molecule has 2 rings (SSSR count). The largest absolute Gasteiger partial charge is 0.465 e. The maximum Gasteiger partial charge on any atom is 0.407 e. The quantitative estimate of drug-likeness (QED) is 0.590. The van der Waals surface area contributed by atoms with Crippen molar-refractivity contribution in [3.8, 4) is 0 Å². The van der Waals surface area contributed by atoms with E-state index in [4.69, 9.17) is 10.8 Å². The Morgan fingerprint density at radius 1 is 1.31 bits per heavy atom. The summed E-state index contributed by atoms with van der Waals surface area (Å²) in [5, 5.41) is 9.02. The van der Waals surface area contributed by atoms with Gasteiger partial charge in [-0.3, -0.25) is 0 Å². The van der Waals surface area contributed by atoms with Crippen molar-refractivity contribution in [3.05, 3.63) is 0 Å². The van der Waals surface area contributed by atoms with Gasteiger partial charge in [0.15, 0.2) is 0 Å². The van der Waals surface area contributed by atoms with Gasteiger partial charge in [0.05, 0.1) is 0 Å². The van der Waals surface area contributed by atoms with E-state index in [1.54, 1.807) is 4.90 Å². The van der Waals surface area contributed by atoms with Gasteiger partial charge in [-0.1, -0.05) is 0 Å². The molecular weight excluding hydrogens is 168 g/mol. The Morgan fingerprint density at radius 2 is 1.85 bits per heavy atom. The van der Waals surface area contributed by atoms with Gasteiger partial charge >= 0.3 is 6.09 Å². The number of carbonyl (C=O) groups is 1. The summed E-state index contributed by atoms with van der Waals surface area (Å²) < 4.78 is 0. The smallest absolute Gasteiger partial charge is 0.407 e. The molecule has 0 radical (unpaired) electrons. The van der Waals surface area contributed by atoms with Crippen molar-refractivity contribution in [3.63, 3.8) is 0 Å². The van der Waals surface area contributed by atoms with Gasteiger partial charge in [0.2, 0.25) is 0 Å². The summed E-state index contributed by atoms with van der Waals surface area (Å²) in [6.45, 7) is 0. The lowest BCUT2D eigenvalue weighted by molar-refractivity contribution is 0.0360. The van der Waals surface area contributed by atoms with Crippen molar-refractivity contribution in [2.24, 2.45) is 5.73 Å². The molecular formula is C9H16N2O2. The van der Waals surface area contributed by atoms with Gasteiger partial charge in [0.1, 0.15) is 0 Å². The molecule has 2 heterocycles. The molecule has 0 spiro atoms. The Balaban J connectivity index is 2.14. The topological polar surface area (TPSA) is 66.6 Å². The normalized spacial score (nSPS) is 38.8. The van der Waals surface area contributed by atoms with Crippen molar-refractivity contribution in [2.45, 2.75) is 50.2 Å². The first-order valence-corrected chi connectivity index (χ1v) is 4.95. The summed E-state index contributed by atoms with van der Waals surface area (Å²) >= 11 is 0. The molecule has 2 unspecified atom stereocenters. The summed E-state index contributed by atoms with van der Waals surface area (Å²) in [4.78, 5) is 12.6. The average molecular weight is 184 g/mol. The minimum absolute atomic E-state index is 0.194. The molecule has 3 N–H and O–H groups in total. The first-order valence-electron chi connectivity index (χ1n) is 4.95. The Bertz CT molecular complexity index is 206. The number of nitrogens with zero attached hydrogens (tertiary/aromatic N) is 1. The van der Waals surface area contributed by atoms with E-state index in [0.29, 0.717) is 0 Å². The molecule has 0 saturated carbocycles. The van der Waals surface area contributed by atoms with E-state index in [0.717, 1.165) is 32.1 Å². The summed E-state index contributed by atoms with van der Waals surface area (Å²) in [6.07, 6.45) is 4.09. The molecule has 1 amide bonds. The van der Waals surface area contributed by atoms with E-state index >= 15 is 0 Å². The van der Waals surface area contributed by atoms with E-state index in [1.165, 1.54) is 0 Å². The number of piperidine rings is 2. The number of amides is 1. The van der Waals surface area contributed by atoms with Gasteiger partial charge in [0, 0.05) is 18.1 Å². The molecule has 4 heteroatoms. The molecule has 0 aromatic heterocycles. The summed E-state index contributed by atoms with van der Waals surface area (Å²) in [6, 6.07) is 0.603. The average Bonchev–Trinajstić information content (AvgIpc) is 2.01. The van der Waals surface area contributed by atoms with Gasteiger partial charge in [0.25, 0.3) is 0 Å². The highest BCUT2D eigenvalue weighted by atomic mass is 16.4. The van der Waals surface area contributed by atoms with Gasteiger partial charge in [-0.2, -0.15) is 0 Å². The van der Waals surface area contributed by atoms with Gasteiger partial charge < -0.3 is 15.7 Å². The van der Waals surface area contributed by atoms with Crippen LogP contribution in [0.4, 0.5) is 4.79 Å². The highest BCUT2D eigenvalue weighted by molar-refractivity contribution is 5.66. The standard InChI is InChI=1S/C9H16N2O2/c10-6-4-7-2-1-3-8(5-6)11(7)9(12)13/h6-8H,1-5,10H2,(H,12,13). The fraction of sp³-hybridized carbons (Fsp3) is 0.889. The van der Waals surface area contributed by atoms with E-state index in [9.17, 15) is 4.79 Å². The highest BCUT2D eigenvalue weighted by Gasteiger charge is 2.39. The molecule has 2 aliphatic heterocycles. The van der Waals surface area contributed by atoms with Crippen LogP contribution in [0.5, 0.6) is 0 Å². The fourth-order valence-electron chi connectivity index (χ4n) is 2.74. The van der Waals surface area contributed by atoms with E-state index < -0.39 is 6.09 Å². The fourth-order valence-corrected chi connectivity index (χ4v) is 2.74. The highest BCUT2D eigenvalue weighted by Crippen LogP contribution is 2.33. The number of carboxylic acid groups (broad SMARTS) is 1. The molecule has 0 aromatic rings. The van der Waals surface area contributed by atoms with E-state index in [1.807, 2.05) is 0 Å². The summed E-state index contributed by atoms with van der Waals surface area (Å²) in [7, 11) is 0. The van der Waals surface area contributed by atoms with Crippen molar-refractivity contribution in [1.82, 2.24) is 4.90 Å². The molecule has 2 bridgehead atoms. The molecule has 2 saturated heterocycles. The van der Waals surface area contributed by atoms with E-state index in [-0.39, 0.29) is 18.1 Å². The number of hydrogen-bond donors (Lipinski definition) is 2. The van der Waals surface area contributed by atoms with Crippen molar-refractivity contribution in [2.75, 3.05) is 0 Å². The van der Waals surface area contributed by atoms with Crippen LogP contribution in [0.3, 0.4) is 0 Å². The van der Waals surface area contributed by atoms with Crippen molar-refractivity contribution < 1.29 is 9.90 Å². The zero-order valence-electron chi connectivity index (χ0n) is 7.65. The molecule has 74 valence electrons. The van der Waals surface area contributed by atoms with Crippen LogP contribution in [0, 0.1) is 0 Å². The predicted octanol–water partition coefficient (Wildman–Crippen LogP) is 1.01. The second-order valence-corrected chi connectivity index (χ2v) is 4.16. The second-order valence-electron chi connectivity index (χ2n) is 4.16. The van der Waals surface area contributed by atoms with Crippen molar-refractivity contribution in [1.29, 1.82) is 0 Å². The number of hydrogen-bond acceptors (Lipinski definition) is 2. The molecule has 2 atom stereocenters. The Labute approximate surface area is 77.7 Å². The zero-order valence-corrected chi connectivity index (χ0v) is 7.65. The van der Waals surface area contributed by atoms with Gasteiger partial charge in [-0.15, -0.1) is 0 Å². The predicted molar refractivity (Wildman–Crippen MR) is 48.5 cm³/mol. The molecule has 13 heavy (non-hydrogen) atoms. The van der Waals surface area contributed by atoms with Crippen LogP contribution in [0.1, 0.15) is 32.1 Å². The van der Waals surface area contributed by atoms with Crippen LogP contribution in [0.2, 0.25) is 0 Å². The van der Waals surface area contributed by atoms with Crippen LogP contribution in [-0.2, 0) is 0 Å². The lowest BCUT2D eigenvalue weighted by Gasteiger charge is -2.46. The van der Waals surface area contributed by atoms with Crippen molar-refractivity contribution >= 4 is 6.09 Å². The molecule has 0 aliphatic carbocycles. The molecule has 2 fully saturated rings. The number of fused-ring (bicyclic) bond motifs is 2. The minimum atomic E-state index is -0.762. The number of nitrogens with two attached hydrogens (primary N) is 1. The summed E-state index contributed by atoms with van der Waals surface area (Å²) in [5.41, 5.74) is 5.87. The van der Waals surface area contributed by atoms with Crippen LogP contribution in [-0.4, -0.2) is 34.2 Å². The first kappa shape index (κ1) is 8.81. The molecule has 2 aliphatic rings. The molecule has 4 nitrogen and oxygen atoms in total. The zero-order chi connectivity index (χ0) is 9.42. The second kappa shape index (κ2) is 3.18. The lowest BCUT2D eigenvalue weighted by atomic mass is 9.82. The van der Waals surface area contributed by atoms with Crippen LogP contribution >= 0.6 is 0 Å². The Morgan fingerprint density at radius 3 is 2.31 bits per heavy atom. The third-order valence-electron chi connectivity index (χ3n) is 3.23. The lowest BCUT2D eigenvalue weighted by Crippen LogP contribution is -2.57. The van der Waals surface area contributed by atoms with Crippen LogP contribution < -0.4 is 5.73 Å². The SMILES string of the molecule is NC1CC2CCCC(C1)N2C(=O)O. The Kier molecular flexibility index (Phi) is 2.15. The third-order valence-corrected chi connectivity index (χ3v) is 3.23. The summed E-state index contributed by atoms with van der Waals surface area (Å²) in [5.74, 6) is 0. The van der Waals surface area contributed by atoms with Gasteiger partial charge in [-0.25, -0.2) is 4.79 Å². The third kappa shape index (κ3) is 1.50. The van der Waals surface area contributed by atoms with E-state index in [2.05, 4.69) is 0 Å². The first-order chi connectivity index (χ1) is 6.18. The van der Waals surface area contributed by atoms with Gasteiger partial charge in [-0.05, 0) is 32.1 Å². The maximum absolute atomic E-state index is 11.0. The molecule has 0 aromatic carbocycles. The Hall–Kier alpha value is -0.770. The van der Waals surface area contributed by atoms with Crippen LogP contribution in [0.15, 0.2) is 0 Å². The monoisotopic (exact) mass is 184 g/mol. The van der Waals surface area contributed by atoms with Crippen LogP contribution in [0.25, 0.3) is 0 Å². The maximum atomic E-state index is 11.0. The number of rotatable bonds is 0.